The lowest BCUT2D eigenvalue weighted by atomic mass is 9.84. The molecule has 1 rings (SSSR count). The van der Waals surface area contributed by atoms with Crippen molar-refractivity contribution in [3.05, 3.63) is 35.9 Å². The van der Waals surface area contributed by atoms with Gasteiger partial charge < -0.3 is 10.4 Å². The van der Waals surface area contributed by atoms with E-state index in [1.165, 1.54) is 0 Å². The number of carbonyl (C=O) groups is 2. The van der Waals surface area contributed by atoms with Gasteiger partial charge in [0.15, 0.2) is 0 Å². The Morgan fingerprint density at radius 1 is 1.21 bits per heavy atom. The van der Waals surface area contributed by atoms with Crippen molar-refractivity contribution in [1.82, 2.24) is 5.32 Å². The Bertz CT molecular complexity index is 434. The maximum atomic E-state index is 11.8. The normalized spacial score (nSPS) is 12.8. The first-order chi connectivity index (χ1) is 8.79. The Labute approximate surface area is 113 Å². The second-order valence-corrected chi connectivity index (χ2v) is 5.88. The third-order valence-electron chi connectivity index (χ3n) is 2.75. The molecule has 1 atom stereocenters. The van der Waals surface area contributed by atoms with Gasteiger partial charge in [0.2, 0.25) is 0 Å². The zero-order chi connectivity index (χ0) is 14.5. The maximum absolute atomic E-state index is 11.8. The molecule has 0 saturated heterocycles. The van der Waals surface area contributed by atoms with E-state index in [1.807, 2.05) is 26.8 Å². The zero-order valence-corrected chi connectivity index (χ0v) is 11.6. The van der Waals surface area contributed by atoms with E-state index in [0.29, 0.717) is 12.0 Å². The molecule has 2 N–H and O–H groups in total. The molecule has 1 unspecified atom stereocenters. The standard InChI is InChI=1S/C15H21NO3/c1-15(2,3)9-12(14(18)19)10-16-13(17)11-7-5-4-6-8-11/h4-8,12H,9-10H2,1-3H3,(H,16,17)(H,18,19). The lowest BCUT2D eigenvalue weighted by Gasteiger charge is -2.23. The van der Waals surface area contributed by atoms with Crippen molar-refractivity contribution >= 4 is 11.9 Å². The molecule has 0 heterocycles. The van der Waals surface area contributed by atoms with Crippen LogP contribution in [0.1, 0.15) is 37.6 Å². The van der Waals surface area contributed by atoms with Gasteiger partial charge in [0.25, 0.3) is 5.91 Å². The number of aliphatic carboxylic acids is 1. The maximum Gasteiger partial charge on any atom is 0.308 e. The average molecular weight is 263 g/mol. The number of amides is 1. The minimum atomic E-state index is -0.872. The van der Waals surface area contributed by atoms with E-state index in [9.17, 15) is 9.59 Å². The number of carboxylic acids is 1. The summed E-state index contributed by atoms with van der Waals surface area (Å²) >= 11 is 0. The molecular weight excluding hydrogens is 242 g/mol. The van der Waals surface area contributed by atoms with Gasteiger partial charge in [0.05, 0.1) is 5.92 Å². The SMILES string of the molecule is CC(C)(C)CC(CNC(=O)c1ccccc1)C(=O)O. The first-order valence-corrected chi connectivity index (χ1v) is 6.35. The van der Waals surface area contributed by atoms with Gasteiger partial charge in [-0.3, -0.25) is 9.59 Å². The van der Waals surface area contributed by atoms with Crippen molar-refractivity contribution in [1.29, 1.82) is 0 Å². The molecule has 4 heteroatoms. The summed E-state index contributed by atoms with van der Waals surface area (Å²) in [5.74, 6) is -1.67. The lowest BCUT2D eigenvalue weighted by molar-refractivity contribution is -0.142. The third kappa shape index (κ3) is 5.55. The van der Waals surface area contributed by atoms with Crippen LogP contribution in [-0.2, 0) is 4.79 Å². The smallest absolute Gasteiger partial charge is 0.308 e. The molecule has 0 aliphatic carbocycles. The van der Waals surface area contributed by atoms with Crippen molar-refractivity contribution in [2.24, 2.45) is 11.3 Å². The van der Waals surface area contributed by atoms with Crippen LogP contribution < -0.4 is 5.32 Å². The van der Waals surface area contributed by atoms with Gasteiger partial charge in [0, 0.05) is 12.1 Å². The lowest BCUT2D eigenvalue weighted by Crippen LogP contribution is -2.35. The second-order valence-electron chi connectivity index (χ2n) is 5.88. The minimum Gasteiger partial charge on any atom is -0.481 e. The van der Waals surface area contributed by atoms with E-state index in [2.05, 4.69) is 5.32 Å². The number of hydrogen-bond donors (Lipinski definition) is 2. The largest absolute Gasteiger partial charge is 0.481 e. The predicted octanol–water partition coefficient (Wildman–Crippen LogP) is 2.55. The fraction of sp³-hybridized carbons (Fsp3) is 0.467. The summed E-state index contributed by atoms with van der Waals surface area (Å²) in [4.78, 5) is 23.0. The molecule has 1 amide bonds. The molecule has 0 aliphatic rings. The molecular formula is C15H21NO3. The molecule has 0 spiro atoms. The summed E-state index contributed by atoms with van der Waals surface area (Å²) in [6, 6.07) is 8.79. The quantitative estimate of drug-likeness (QED) is 0.858. The van der Waals surface area contributed by atoms with Crippen LogP contribution >= 0.6 is 0 Å². The highest BCUT2D eigenvalue weighted by Crippen LogP contribution is 2.24. The van der Waals surface area contributed by atoms with Crippen molar-refractivity contribution < 1.29 is 14.7 Å². The Kier molecular flexibility index (Phi) is 5.10. The second kappa shape index (κ2) is 6.36. The summed E-state index contributed by atoms with van der Waals surface area (Å²) in [6.45, 7) is 6.12. The van der Waals surface area contributed by atoms with Crippen LogP contribution in [0.5, 0.6) is 0 Å². The van der Waals surface area contributed by atoms with Gasteiger partial charge in [-0.05, 0) is 24.0 Å². The first-order valence-electron chi connectivity index (χ1n) is 6.35. The van der Waals surface area contributed by atoms with Gasteiger partial charge >= 0.3 is 5.97 Å². The summed E-state index contributed by atoms with van der Waals surface area (Å²) in [5, 5.41) is 11.9. The van der Waals surface area contributed by atoms with E-state index in [1.54, 1.807) is 24.3 Å². The van der Waals surface area contributed by atoms with Crippen LogP contribution in [0.25, 0.3) is 0 Å². The Hall–Kier alpha value is -1.84. The summed E-state index contributed by atoms with van der Waals surface area (Å²) in [5.41, 5.74) is 0.461. The van der Waals surface area contributed by atoms with Crippen LogP contribution in [-0.4, -0.2) is 23.5 Å². The van der Waals surface area contributed by atoms with Gasteiger partial charge in [-0.1, -0.05) is 39.0 Å². The number of benzene rings is 1. The highest BCUT2D eigenvalue weighted by Gasteiger charge is 2.25. The summed E-state index contributed by atoms with van der Waals surface area (Å²) in [6.07, 6.45) is 0.525. The van der Waals surface area contributed by atoms with E-state index < -0.39 is 11.9 Å². The molecule has 0 aromatic heterocycles. The molecule has 0 aliphatic heterocycles. The third-order valence-corrected chi connectivity index (χ3v) is 2.75. The molecule has 1 aromatic carbocycles. The number of carbonyl (C=O) groups excluding carboxylic acids is 1. The molecule has 0 saturated carbocycles. The Morgan fingerprint density at radius 2 is 1.79 bits per heavy atom. The van der Waals surface area contributed by atoms with Crippen LogP contribution in [0, 0.1) is 11.3 Å². The highest BCUT2D eigenvalue weighted by molar-refractivity contribution is 5.94. The number of rotatable bonds is 5. The molecule has 0 radical (unpaired) electrons. The first kappa shape index (κ1) is 15.2. The molecule has 104 valence electrons. The monoisotopic (exact) mass is 263 g/mol. The van der Waals surface area contributed by atoms with Crippen molar-refractivity contribution in [2.75, 3.05) is 6.54 Å². The number of hydrogen-bond acceptors (Lipinski definition) is 2. The van der Waals surface area contributed by atoms with Gasteiger partial charge in [-0.15, -0.1) is 0 Å². The summed E-state index contributed by atoms with van der Waals surface area (Å²) in [7, 11) is 0. The van der Waals surface area contributed by atoms with Crippen LogP contribution in [0.4, 0.5) is 0 Å². The minimum absolute atomic E-state index is 0.0828. The van der Waals surface area contributed by atoms with Crippen LogP contribution in [0.3, 0.4) is 0 Å². The number of carboxylic acid groups (broad SMARTS) is 1. The van der Waals surface area contributed by atoms with E-state index in [-0.39, 0.29) is 17.9 Å². The predicted molar refractivity (Wildman–Crippen MR) is 74.0 cm³/mol. The molecule has 0 bridgehead atoms. The van der Waals surface area contributed by atoms with Crippen molar-refractivity contribution in [3.8, 4) is 0 Å². The topological polar surface area (TPSA) is 66.4 Å². The fourth-order valence-electron chi connectivity index (χ4n) is 1.89. The molecule has 1 aromatic rings. The van der Waals surface area contributed by atoms with Crippen LogP contribution in [0.2, 0.25) is 0 Å². The van der Waals surface area contributed by atoms with Gasteiger partial charge in [-0.2, -0.15) is 0 Å². The van der Waals surface area contributed by atoms with E-state index in [0.717, 1.165) is 0 Å². The van der Waals surface area contributed by atoms with E-state index >= 15 is 0 Å². The summed E-state index contributed by atoms with van der Waals surface area (Å²) < 4.78 is 0. The highest BCUT2D eigenvalue weighted by atomic mass is 16.4. The fourth-order valence-corrected chi connectivity index (χ4v) is 1.89. The van der Waals surface area contributed by atoms with Crippen LogP contribution in [0.15, 0.2) is 30.3 Å². The molecule has 4 nitrogen and oxygen atoms in total. The molecule has 19 heavy (non-hydrogen) atoms. The average Bonchev–Trinajstić information content (AvgIpc) is 2.33. The van der Waals surface area contributed by atoms with Gasteiger partial charge in [0.1, 0.15) is 0 Å². The Morgan fingerprint density at radius 3 is 2.26 bits per heavy atom. The van der Waals surface area contributed by atoms with E-state index in [4.69, 9.17) is 5.11 Å². The van der Waals surface area contributed by atoms with Crippen molar-refractivity contribution in [3.63, 3.8) is 0 Å². The Balaban J connectivity index is 2.58. The van der Waals surface area contributed by atoms with Gasteiger partial charge in [-0.25, -0.2) is 0 Å². The zero-order valence-electron chi connectivity index (χ0n) is 11.6. The molecule has 0 fully saturated rings. The van der Waals surface area contributed by atoms with Crippen molar-refractivity contribution in [2.45, 2.75) is 27.2 Å². The number of nitrogens with one attached hydrogen (secondary N) is 1.